The van der Waals surface area contributed by atoms with Crippen LogP contribution in [0.3, 0.4) is 0 Å². The van der Waals surface area contributed by atoms with Crippen LogP contribution in [0.1, 0.15) is 17.0 Å². The summed E-state index contributed by atoms with van der Waals surface area (Å²) in [5, 5.41) is 2.74. The molecule has 0 fully saturated rings. The molecule has 0 atom stereocenters. The summed E-state index contributed by atoms with van der Waals surface area (Å²) in [6.45, 7) is 15.1. The largest absolute Gasteiger partial charge is 0.449 e. The summed E-state index contributed by atoms with van der Waals surface area (Å²) >= 11 is 0. The Balaban J connectivity index is 0.947. The van der Waals surface area contributed by atoms with Crippen molar-refractivity contribution in [2.75, 3.05) is 159 Å². The van der Waals surface area contributed by atoms with E-state index in [-0.39, 0.29) is 12.5 Å². The Bertz CT molecular complexity index is 1170. The van der Waals surface area contributed by atoms with Gasteiger partial charge >= 0.3 is 6.09 Å². The third-order valence-electron chi connectivity index (χ3n) is 7.82. The Morgan fingerprint density at radius 3 is 1.15 bits per heavy atom. The zero-order chi connectivity index (χ0) is 38.0. The molecular formula is C40H61NO13. The first-order valence-corrected chi connectivity index (χ1v) is 18.9. The zero-order valence-corrected chi connectivity index (χ0v) is 31.8. The minimum absolute atomic E-state index is 0.0365. The number of benzene rings is 2. The Morgan fingerprint density at radius 2 is 0.796 bits per heavy atom. The predicted molar refractivity (Wildman–Crippen MR) is 202 cm³/mol. The Labute approximate surface area is 320 Å². The number of alkyl carbamates (subject to hydrolysis) is 1. The lowest BCUT2D eigenvalue weighted by Crippen LogP contribution is -2.29. The summed E-state index contributed by atoms with van der Waals surface area (Å²) in [5.41, 5.74) is 4.77. The van der Waals surface area contributed by atoms with Gasteiger partial charge in [0.1, 0.15) is 6.61 Å². The van der Waals surface area contributed by atoms with Crippen LogP contribution in [0.25, 0.3) is 11.1 Å². The lowest BCUT2D eigenvalue weighted by atomic mass is 9.98. The first-order chi connectivity index (χ1) is 26.8. The van der Waals surface area contributed by atoms with Crippen LogP contribution >= 0.6 is 0 Å². The zero-order valence-electron chi connectivity index (χ0n) is 31.8. The molecule has 1 aliphatic rings. The molecule has 304 valence electrons. The molecule has 1 N–H and O–H groups in total. The fourth-order valence-electron chi connectivity index (χ4n) is 5.24. The molecule has 0 heterocycles. The van der Waals surface area contributed by atoms with Crippen LogP contribution in [0.2, 0.25) is 0 Å². The molecule has 2 aromatic rings. The van der Waals surface area contributed by atoms with Gasteiger partial charge in [0.25, 0.3) is 0 Å². The highest BCUT2D eigenvalue weighted by molar-refractivity contribution is 5.79. The molecular weight excluding hydrogens is 702 g/mol. The summed E-state index contributed by atoms with van der Waals surface area (Å²) in [4.78, 5) is 12.2. The Kier molecular flexibility index (Phi) is 27.1. The average molecular weight is 764 g/mol. The number of rotatable bonds is 37. The van der Waals surface area contributed by atoms with E-state index in [2.05, 4.69) is 36.2 Å². The lowest BCUT2D eigenvalue weighted by Gasteiger charge is -2.14. The molecule has 1 aliphatic carbocycles. The SMILES string of the molecule is C=CCOCCOCCOCCOCCOCCOCCOCCOCCOCCOCCOCCNC(=O)OCC1c2ccccc2-c2ccccc21. The van der Waals surface area contributed by atoms with Gasteiger partial charge in [0, 0.05) is 12.5 Å². The van der Waals surface area contributed by atoms with E-state index in [0.717, 1.165) is 0 Å². The number of hydrogen-bond acceptors (Lipinski definition) is 13. The maximum Gasteiger partial charge on any atom is 0.407 e. The highest BCUT2D eigenvalue weighted by atomic mass is 16.6. The molecule has 0 saturated heterocycles. The third-order valence-corrected chi connectivity index (χ3v) is 7.82. The van der Waals surface area contributed by atoms with Gasteiger partial charge < -0.3 is 62.2 Å². The highest BCUT2D eigenvalue weighted by Crippen LogP contribution is 2.44. The first-order valence-electron chi connectivity index (χ1n) is 18.9. The number of amides is 1. The number of fused-ring (bicyclic) bond motifs is 3. The molecule has 0 aliphatic heterocycles. The van der Waals surface area contributed by atoms with Gasteiger partial charge in [-0.1, -0.05) is 54.6 Å². The molecule has 3 rings (SSSR count). The third kappa shape index (κ3) is 21.2. The van der Waals surface area contributed by atoms with Crippen molar-refractivity contribution in [2.24, 2.45) is 0 Å². The van der Waals surface area contributed by atoms with Crippen LogP contribution in [0, 0.1) is 0 Å². The van der Waals surface area contributed by atoms with Crippen LogP contribution in [-0.2, 0) is 56.8 Å². The quantitative estimate of drug-likeness (QED) is 0.0788. The van der Waals surface area contributed by atoms with Gasteiger partial charge in [-0.05, 0) is 22.3 Å². The second kappa shape index (κ2) is 32.3. The Morgan fingerprint density at radius 1 is 0.481 bits per heavy atom. The van der Waals surface area contributed by atoms with Crippen molar-refractivity contribution < 1.29 is 61.6 Å². The van der Waals surface area contributed by atoms with Crippen LogP contribution < -0.4 is 5.32 Å². The second-order valence-electron chi connectivity index (χ2n) is 11.7. The van der Waals surface area contributed by atoms with Gasteiger partial charge in [0.2, 0.25) is 0 Å². The smallest absolute Gasteiger partial charge is 0.407 e. The topological polar surface area (TPSA) is 140 Å². The minimum Gasteiger partial charge on any atom is -0.449 e. The van der Waals surface area contributed by atoms with E-state index in [1.165, 1.54) is 22.3 Å². The number of carbonyl (C=O) groups is 1. The predicted octanol–water partition coefficient (Wildman–Crippen LogP) is 3.89. The van der Waals surface area contributed by atoms with Crippen LogP contribution in [0.15, 0.2) is 61.2 Å². The monoisotopic (exact) mass is 763 g/mol. The summed E-state index contributed by atoms with van der Waals surface area (Å²) in [6.07, 6.45) is 1.26. The average Bonchev–Trinajstić information content (AvgIpc) is 3.52. The van der Waals surface area contributed by atoms with Crippen molar-refractivity contribution in [1.82, 2.24) is 5.32 Å². The molecule has 14 nitrogen and oxygen atoms in total. The molecule has 0 radical (unpaired) electrons. The van der Waals surface area contributed by atoms with Gasteiger partial charge in [-0.25, -0.2) is 4.79 Å². The van der Waals surface area contributed by atoms with Gasteiger partial charge in [0.05, 0.1) is 145 Å². The maximum absolute atomic E-state index is 12.2. The molecule has 14 heteroatoms. The van der Waals surface area contributed by atoms with E-state index in [0.29, 0.717) is 152 Å². The van der Waals surface area contributed by atoms with E-state index in [4.69, 9.17) is 56.8 Å². The summed E-state index contributed by atoms with van der Waals surface area (Å²) < 4.78 is 65.5. The molecule has 0 saturated carbocycles. The fraction of sp³-hybridized carbons (Fsp3) is 0.625. The fourth-order valence-corrected chi connectivity index (χ4v) is 5.24. The maximum atomic E-state index is 12.2. The molecule has 0 aromatic heterocycles. The van der Waals surface area contributed by atoms with Crippen molar-refractivity contribution in [3.05, 3.63) is 72.3 Å². The first kappa shape index (κ1) is 45.4. The van der Waals surface area contributed by atoms with Gasteiger partial charge in [0.15, 0.2) is 0 Å². The molecule has 54 heavy (non-hydrogen) atoms. The summed E-state index contributed by atoms with van der Waals surface area (Å²) in [6, 6.07) is 16.5. The van der Waals surface area contributed by atoms with Crippen LogP contribution in [-0.4, -0.2) is 165 Å². The van der Waals surface area contributed by atoms with Crippen molar-refractivity contribution in [3.63, 3.8) is 0 Å². The van der Waals surface area contributed by atoms with E-state index in [9.17, 15) is 4.79 Å². The lowest BCUT2D eigenvalue weighted by molar-refractivity contribution is -0.0272. The second-order valence-corrected chi connectivity index (χ2v) is 11.7. The van der Waals surface area contributed by atoms with Gasteiger partial charge in [-0.3, -0.25) is 0 Å². The minimum atomic E-state index is -0.453. The Hall–Kier alpha value is -2.99. The van der Waals surface area contributed by atoms with E-state index in [1.807, 2.05) is 24.3 Å². The number of nitrogens with one attached hydrogen (secondary N) is 1. The van der Waals surface area contributed by atoms with E-state index < -0.39 is 6.09 Å². The van der Waals surface area contributed by atoms with E-state index in [1.54, 1.807) is 6.08 Å². The van der Waals surface area contributed by atoms with E-state index >= 15 is 0 Å². The molecule has 1 amide bonds. The van der Waals surface area contributed by atoms with Gasteiger partial charge in [-0.15, -0.1) is 6.58 Å². The van der Waals surface area contributed by atoms with Crippen molar-refractivity contribution in [1.29, 1.82) is 0 Å². The summed E-state index contributed by atoms with van der Waals surface area (Å²) in [5.74, 6) is 0.0365. The number of hydrogen-bond donors (Lipinski definition) is 1. The molecule has 0 bridgehead atoms. The standard InChI is InChI=1S/C40H61NO13/c1-2-12-43-14-16-45-18-20-47-22-24-49-26-28-51-30-32-53-33-31-52-29-27-50-25-23-48-21-19-46-17-15-44-13-11-41-40(42)54-34-39-37-9-5-3-7-35(37)36-8-4-6-10-38(36)39/h2-10,39H,1,11-34H2,(H,41,42). The van der Waals surface area contributed by atoms with Gasteiger partial charge in [-0.2, -0.15) is 0 Å². The highest BCUT2D eigenvalue weighted by Gasteiger charge is 2.28. The summed E-state index contributed by atoms with van der Waals surface area (Å²) in [7, 11) is 0. The van der Waals surface area contributed by atoms with Crippen molar-refractivity contribution in [2.45, 2.75) is 5.92 Å². The molecule has 0 spiro atoms. The van der Waals surface area contributed by atoms with Crippen LogP contribution in [0.5, 0.6) is 0 Å². The molecule has 2 aromatic carbocycles. The van der Waals surface area contributed by atoms with Crippen molar-refractivity contribution >= 4 is 6.09 Å². The van der Waals surface area contributed by atoms with Crippen LogP contribution in [0.4, 0.5) is 4.79 Å². The van der Waals surface area contributed by atoms with Crippen molar-refractivity contribution in [3.8, 4) is 11.1 Å². The number of ether oxygens (including phenoxy) is 12. The number of carbonyl (C=O) groups excluding carboxylic acids is 1. The molecule has 0 unspecified atom stereocenters. The normalized spacial score (nSPS) is 12.1.